The van der Waals surface area contributed by atoms with E-state index in [1.807, 2.05) is 0 Å². The molecular weight excluding hydrogens is 326 g/mol. The van der Waals surface area contributed by atoms with Crippen molar-refractivity contribution in [2.24, 2.45) is 0 Å². The standard InChI is InChI=1S/C10H8FIN2S/c11-7-2-1-6(9(12)4-7)3-8-5-14-10(13)15-8/h1-2,4-5H,3H2,(H2,13,14). The Kier molecular flexibility index (Phi) is 3.20. The number of aromatic nitrogens is 1. The molecule has 0 atom stereocenters. The van der Waals surface area contributed by atoms with E-state index in [4.69, 9.17) is 5.73 Å². The van der Waals surface area contributed by atoms with Crippen LogP contribution in [0, 0.1) is 9.39 Å². The minimum absolute atomic E-state index is 0.202. The van der Waals surface area contributed by atoms with Crippen LogP contribution in [-0.2, 0) is 6.42 Å². The number of thiazole rings is 1. The monoisotopic (exact) mass is 334 g/mol. The van der Waals surface area contributed by atoms with Crippen molar-refractivity contribution in [3.63, 3.8) is 0 Å². The first kappa shape index (κ1) is 10.8. The Morgan fingerprint density at radius 1 is 1.47 bits per heavy atom. The smallest absolute Gasteiger partial charge is 0.180 e. The van der Waals surface area contributed by atoms with Gasteiger partial charge in [-0.2, -0.15) is 0 Å². The van der Waals surface area contributed by atoms with E-state index < -0.39 is 0 Å². The van der Waals surface area contributed by atoms with E-state index in [0.29, 0.717) is 5.13 Å². The molecule has 0 aliphatic rings. The van der Waals surface area contributed by atoms with Crippen molar-refractivity contribution in [2.75, 3.05) is 5.73 Å². The highest BCUT2D eigenvalue weighted by atomic mass is 127. The number of nitrogens with two attached hydrogens (primary N) is 1. The second-order valence-corrected chi connectivity index (χ2v) is 5.39. The van der Waals surface area contributed by atoms with E-state index in [1.54, 1.807) is 12.3 Å². The second-order valence-electron chi connectivity index (χ2n) is 3.08. The zero-order valence-electron chi connectivity index (χ0n) is 7.71. The average molecular weight is 334 g/mol. The van der Waals surface area contributed by atoms with Crippen LogP contribution >= 0.6 is 33.9 Å². The fourth-order valence-corrected chi connectivity index (χ4v) is 2.63. The van der Waals surface area contributed by atoms with Crippen molar-refractivity contribution < 1.29 is 4.39 Å². The van der Waals surface area contributed by atoms with E-state index in [2.05, 4.69) is 27.6 Å². The third-order valence-electron chi connectivity index (χ3n) is 1.95. The van der Waals surface area contributed by atoms with Gasteiger partial charge >= 0.3 is 0 Å². The average Bonchev–Trinajstić information content (AvgIpc) is 2.56. The lowest BCUT2D eigenvalue weighted by Gasteiger charge is -2.01. The lowest BCUT2D eigenvalue weighted by molar-refractivity contribution is 0.626. The summed E-state index contributed by atoms with van der Waals surface area (Å²) in [6.45, 7) is 0. The molecule has 2 nitrogen and oxygen atoms in total. The first-order valence-electron chi connectivity index (χ1n) is 4.29. The highest BCUT2D eigenvalue weighted by molar-refractivity contribution is 14.1. The van der Waals surface area contributed by atoms with Gasteiger partial charge in [-0.3, -0.25) is 0 Å². The summed E-state index contributed by atoms with van der Waals surface area (Å²) < 4.78 is 13.8. The van der Waals surface area contributed by atoms with Crippen LogP contribution in [0.2, 0.25) is 0 Å². The van der Waals surface area contributed by atoms with Gasteiger partial charge in [-0.05, 0) is 40.3 Å². The first-order chi connectivity index (χ1) is 7.15. The Hall–Kier alpha value is -0.690. The highest BCUT2D eigenvalue weighted by Crippen LogP contribution is 2.22. The summed E-state index contributed by atoms with van der Waals surface area (Å²) >= 11 is 3.60. The number of nitrogen functional groups attached to an aromatic ring is 1. The molecule has 0 saturated heterocycles. The van der Waals surface area contributed by atoms with Crippen molar-refractivity contribution in [3.05, 3.63) is 44.2 Å². The van der Waals surface area contributed by atoms with Gasteiger partial charge in [0.15, 0.2) is 5.13 Å². The maximum absolute atomic E-state index is 12.9. The fourth-order valence-electron chi connectivity index (χ4n) is 1.26. The summed E-state index contributed by atoms with van der Waals surface area (Å²) in [4.78, 5) is 5.07. The zero-order chi connectivity index (χ0) is 10.8. The molecule has 0 radical (unpaired) electrons. The summed E-state index contributed by atoms with van der Waals surface area (Å²) in [7, 11) is 0. The second kappa shape index (κ2) is 4.44. The van der Waals surface area contributed by atoms with Crippen LogP contribution in [0.5, 0.6) is 0 Å². The first-order valence-corrected chi connectivity index (χ1v) is 6.19. The molecule has 0 saturated carbocycles. The predicted octanol–water partition coefficient (Wildman–Crippen LogP) is 3.06. The van der Waals surface area contributed by atoms with Crippen LogP contribution in [0.1, 0.15) is 10.4 Å². The fraction of sp³-hybridized carbons (Fsp3) is 0.100. The number of benzene rings is 1. The molecule has 1 aromatic heterocycles. The van der Waals surface area contributed by atoms with Crippen molar-refractivity contribution in [1.82, 2.24) is 4.98 Å². The van der Waals surface area contributed by atoms with Gasteiger partial charge in [0, 0.05) is 21.1 Å². The molecule has 2 rings (SSSR count). The van der Waals surface area contributed by atoms with Crippen molar-refractivity contribution in [2.45, 2.75) is 6.42 Å². The third-order valence-corrected chi connectivity index (χ3v) is 3.78. The molecule has 1 aromatic carbocycles. The molecule has 78 valence electrons. The van der Waals surface area contributed by atoms with E-state index in [0.717, 1.165) is 20.4 Å². The van der Waals surface area contributed by atoms with Crippen LogP contribution < -0.4 is 5.73 Å². The SMILES string of the molecule is Nc1ncc(Cc2ccc(F)cc2I)s1. The zero-order valence-corrected chi connectivity index (χ0v) is 10.7. The Balaban J connectivity index is 2.24. The van der Waals surface area contributed by atoms with Crippen LogP contribution in [0.25, 0.3) is 0 Å². The largest absolute Gasteiger partial charge is 0.375 e. The minimum atomic E-state index is -0.202. The van der Waals surface area contributed by atoms with Gasteiger partial charge in [-0.25, -0.2) is 9.37 Å². The molecule has 2 aromatic rings. The molecule has 0 unspecified atom stereocenters. The minimum Gasteiger partial charge on any atom is -0.375 e. The topological polar surface area (TPSA) is 38.9 Å². The lowest BCUT2D eigenvalue weighted by atomic mass is 10.1. The summed E-state index contributed by atoms with van der Waals surface area (Å²) in [5.74, 6) is -0.202. The molecule has 0 aliphatic carbocycles. The van der Waals surface area contributed by atoms with Crippen molar-refractivity contribution >= 4 is 39.1 Å². The maximum atomic E-state index is 12.9. The number of halogens is 2. The van der Waals surface area contributed by atoms with Gasteiger partial charge in [-0.1, -0.05) is 6.07 Å². The van der Waals surface area contributed by atoms with Crippen molar-refractivity contribution in [3.8, 4) is 0 Å². The maximum Gasteiger partial charge on any atom is 0.180 e. The molecule has 2 N–H and O–H groups in total. The summed E-state index contributed by atoms with van der Waals surface area (Å²) in [5, 5.41) is 0.571. The Morgan fingerprint density at radius 3 is 2.87 bits per heavy atom. The van der Waals surface area contributed by atoms with Gasteiger partial charge in [0.2, 0.25) is 0 Å². The molecule has 5 heteroatoms. The number of hydrogen-bond acceptors (Lipinski definition) is 3. The number of rotatable bonds is 2. The Labute approximate surface area is 104 Å². The van der Waals surface area contributed by atoms with Gasteiger partial charge in [0.1, 0.15) is 5.82 Å². The molecule has 0 fully saturated rings. The molecule has 0 bridgehead atoms. The molecule has 0 amide bonds. The third kappa shape index (κ3) is 2.66. The quantitative estimate of drug-likeness (QED) is 0.858. The number of hydrogen-bond donors (Lipinski definition) is 1. The number of anilines is 1. The van der Waals surface area contributed by atoms with Gasteiger partial charge in [0.25, 0.3) is 0 Å². The normalized spacial score (nSPS) is 10.5. The van der Waals surface area contributed by atoms with E-state index in [1.165, 1.54) is 23.5 Å². The molecule has 15 heavy (non-hydrogen) atoms. The van der Waals surface area contributed by atoms with Crippen LogP contribution in [0.4, 0.5) is 9.52 Å². The summed E-state index contributed by atoms with van der Waals surface area (Å²) in [5.41, 5.74) is 6.64. The van der Waals surface area contributed by atoms with Crippen LogP contribution in [0.3, 0.4) is 0 Å². The van der Waals surface area contributed by atoms with E-state index in [9.17, 15) is 4.39 Å². The van der Waals surface area contributed by atoms with Crippen LogP contribution in [-0.4, -0.2) is 4.98 Å². The molecular formula is C10H8FIN2S. The summed E-state index contributed by atoms with van der Waals surface area (Å²) in [6, 6.07) is 4.80. The van der Waals surface area contributed by atoms with Crippen LogP contribution in [0.15, 0.2) is 24.4 Å². The van der Waals surface area contributed by atoms with Gasteiger partial charge in [-0.15, -0.1) is 11.3 Å². The summed E-state index contributed by atoms with van der Waals surface area (Å²) in [6.07, 6.45) is 2.52. The Morgan fingerprint density at radius 2 is 2.27 bits per heavy atom. The van der Waals surface area contributed by atoms with E-state index in [-0.39, 0.29) is 5.82 Å². The molecule has 0 aliphatic heterocycles. The van der Waals surface area contributed by atoms with Gasteiger partial charge in [0.05, 0.1) is 0 Å². The number of nitrogens with zero attached hydrogens (tertiary/aromatic N) is 1. The van der Waals surface area contributed by atoms with Gasteiger partial charge < -0.3 is 5.73 Å². The highest BCUT2D eigenvalue weighted by Gasteiger charge is 2.05. The Bertz CT molecular complexity index is 484. The molecule has 0 spiro atoms. The lowest BCUT2D eigenvalue weighted by Crippen LogP contribution is -1.90. The van der Waals surface area contributed by atoms with E-state index >= 15 is 0 Å². The molecule has 1 heterocycles. The predicted molar refractivity (Wildman–Crippen MR) is 68.4 cm³/mol. The van der Waals surface area contributed by atoms with Crippen molar-refractivity contribution in [1.29, 1.82) is 0 Å².